The second kappa shape index (κ2) is 4.06. The molecule has 0 saturated heterocycles. The van der Waals surface area contributed by atoms with Crippen LogP contribution in [-0.4, -0.2) is 16.4 Å². The van der Waals surface area contributed by atoms with Crippen LogP contribution in [0.15, 0.2) is 41.5 Å². The molecule has 16 heavy (non-hydrogen) atoms. The van der Waals surface area contributed by atoms with Gasteiger partial charge in [-0.1, -0.05) is 18.2 Å². The van der Waals surface area contributed by atoms with Gasteiger partial charge in [0, 0.05) is 11.7 Å². The molecule has 1 aromatic heterocycles. The molecule has 0 unspecified atom stereocenters. The predicted octanol–water partition coefficient (Wildman–Crippen LogP) is 0.441. The molecule has 1 heterocycles. The third-order valence-electron chi connectivity index (χ3n) is 2.24. The average Bonchev–Trinajstić information content (AvgIpc) is 2.61. The van der Waals surface area contributed by atoms with Gasteiger partial charge >= 0.3 is 0 Å². The molecule has 0 spiro atoms. The lowest BCUT2D eigenvalue weighted by molar-refractivity contribution is -0.118. The van der Waals surface area contributed by atoms with Crippen LogP contribution in [0.3, 0.4) is 0 Å². The molecular weight excluding hydrogens is 204 g/mol. The third-order valence-corrected chi connectivity index (χ3v) is 2.24. The molecule has 4 N–H and O–H groups in total. The number of benzene rings is 1. The van der Waals surface area contributed by atoms with Gasteiger partial charge in [-0.25, -0.2) is 0 Å². The van der Waals surface area contributed by atoms with Gasteiger partial charge in [-0.3, -0.25) is 4.79 Å². The summed E-state index contributed by atoms with van der Waals surface area (Å²) in [6.45, 7) is 0.144. The van der Waals surface area contributed by atoms with Crippen LogP contribution in [0.5, 0.6) is 0 Å². The van der Waals surface area contributed by atoms with Crippen LogP contribution in [0.4, 0.5) is 0 Å². The zero-order valence-electron chi connectivity index (χ0n) is 8.63. The average molecular weight is 216 g/mol. The smallest absolute Gasteiger partial charge is 0.268 e. The van der Waals surface area contributed by atoms with E-state index in [4.69, 9.17) is 11.5 Å². The predicted molar refractivity (Wildman–Crippen MR) is 62.8 cm³/mol. The molecule has 0 radical (unpaired) electrons. The van der Waals surface area contributed by atoms with Crippen molar-refractivity contribution in [3.63, 3.8) is 0 Å². The molecular formula is C11H12N4O. The Labute approximate surface area is 92.4 Å². The Kier molecular flexibility index (Phi) is 2.59. The van der Waals surface area contributed by atoms with Crippen molar-refractivity contribution in [2.75, 3.05) is 0 Å². The van der Waals surface area contributed by atoms with E-state index in [1.165, 1.54) is 0 Å². The maximum absolute atomic E-state index is 11.4. The number of nitrogens with two attached hydrogens (primary N) is 2. The van der Waals surface area contributed by atoms with Crippen LogP contribution in [0.25, 0.3) is 10.9 Å². The highest BCUT2D eigenvalue weighted by atomic mass is 16.1. The summed E-state index contributed by atoms with van der Waals surface area (Å²) in [7, 11) is 0. The van der Waals surface area contributed by atoms with Crippen molar-refractivity contribution in [1.82, 2.24) is 4.57 Å². The summed E-state index contributed by atoms with van der Waals surface area (Å²) >= 11 is 0. The Bertz CT molecular complexity index is 552. The van der Waals surface area contributed by atoms with Crippen LogP contribution in [0, 0.1) is 0 Å². The topological polar surface area (TPSA) is 86.4 Å². The fourth-order valence-electron chi connectivity index (χ4n) is 1.60. The number of fused-ring (bicyclic) bond motifs is 1. The van der Waals surface area contributed by atoms with Crippen molar-refractivity contribution in [2.45, 2.75) is 6.54 Å². The fourth-order valence-corrected chi connectivity index (χ4v) is 1.60. The van der Waals surface area contributed by atoms with Gasteiger partial charge < -0.3 is 16.0 Å². The van der Waals surface area contributed by atoms with E-state index in [1.807, 2.05) is 41.1 Å². The maximum atomic E-state index is 11.4. The normalized spacial score (nSPS) is 10.2. The van der Waals surface area contributed by atoms with Crippen molar-refractivity contribution in [3.05, 3.63) is 36.5 Å². The quantitative estimate of drug-likeness (QED) is 0.564. The van der Waals surface area contributed by atoms with Crippen LogP contribution >= 0.6 is 0 Å². The molecule has 2 aromatic rings. The molecule has 0 bridgehead atoms. The molecule has 0 fully saturated rings. The number of aromatic nitrogens is 1. The number of carbonyl (C=O) groups excluding carboxylic acids is 1. The van der Waals surface area contributed by atoms with Gasteiger partial charge in [0.25, 0.3) is 5.91 Å². The second-order valence-electron chi connectivity index (χ2n) is 3.43. The molecule has 0 aliphatic heterocycles. The number of nitrogens with zero attached hydrogens (tertiary/aromatic N) is 2. The summed E-state index contributed by atoms with van der Waals surface area (Å²) < 4.78 is 1.81. The number of guanidine groups is 1. The molecule has 0 atom stereocenters. The van der Waals surface area contributed by atoms with E-state index in [0.29, 0.717) is 0 Å². The SMILES string of the molecule is NC(N)=NC(=O)Cn1ccc2ccccc21. The molecule has 2 rings (SSSR count). The van der Waals surface area contributed by atoms with Gasteiger partial charge in [0.1, 0.15) is 6.54 Å². The first-order valence-electron chi connectivity index (χ1n) is 4.83. The first-order chi connectivity index (χ1) is 7.66. The lowest BCUT2D eigenvalue weighted by Crippen LogP contribution is -2.25. The minimum Gasteiger partial charge on any atom is -0.370 e. The number of para-hydroxylation sites is 1. The second-order valence-corrected chi connectivity index (χ2v) is 3.43. The zero-order valence-corrected chi connectivity index (χ0v) is 8.63. The maximum Gasteiger partial charge on any atom is 0.268 e. The van der Waals surface area contributed by atoms with E-state index in [9.17, 15) is 4.79 Å². The summed E-state index contributed by atoms with van der Waals surface area (Å²) in [5, 5.41) is 1.08. The Morgan fingerprint density at radius 2 is 2.00 bits per heavy atom. The van der Waals surface area contributed by atoms with Crippen LogP contribution in [-0.2, 0) is 11.3 Å². The fraction of sp³-hybridized carbons (Fsp3) is 0.0909. The lowest BCUT2D eigenvalue weighted by Gasteiger charge is -2.01. The van der Waals surface area contributed by atoms with Gasteiger partial charge in [0.15, 0.2) is 5.96 Å². The molecule has 5 nitrogen and oxygen atoms in total. The number of rotatable bonds is 2. The minimum atomic E-state index is -0.360. The van der Waals surface area contributed by atoms with Gasteiger partial charge in [-0.15, -0.1) is 0 Å². The van der Waals surface area contributed by atoms with E-state index in [-0.39, 0.29) is 18.4 Å². The molecule has 1 aromatic carbocycles. The Morgan fingerprint density at radius 3 is 2.75 bits per heavy atom. The molecule has 82 valence electrons. The highest BCUT2D eigenvalue weighted by molar-refractivity contribution is 5.92. The van der Waals surface area contributed by atoms with Crippen molar-refractivity contribution in [3.8, 4) is 0 Å². The van der Waals surface area contributed by atoms with E-state index in [0.717, 1.165) is 10.9 Å². The van der Waals surface area contributed by atoms with Gasteiger partial charge in [0.2, 0.25) is 0 Å². The highest BCUT2D eigenvalue weighted by Crippen LogP contribution is 2.14. The molecule has 1 amide bonds. The van der Waals surface area contributed by atoms with E-state index in [1.54, 1.807) is 0 Å². The zero-order chi connectivity index (χ0) is 11.5. The van der Waals surface area contributed by atoms with Gasteiger partial charge in [-0.2, -0.15) is 4.99 Å². The lowest BCUT2D eigenvalue weighted by atomic mass is 10.2. The summed E-state index contributed by atoms with van der Waals surface area (Å²) in [5.74, 6) is -0.567. The van der Waals surface area contributed by atoms with Crippen LogP contribution in [0.2, 0.25) is 0 Å². The monoisotopic (exact) mass is 216 g/mol. The number of hydrogen-bond acceptors (Lipinski definition) is 1. The van der Waals surface area contributed by atoms with E-state index >= 15 is 0 Å². The van der Waals surface area contributed by atoms with Crippen LogP contribution < -0.4 is 11.5 Å². The largest absolute Gasteiger partial charge is 0.370 e. The molecule has 0 aliphatic carbocycles. The van der Waals surface area contributed by atoms with Crippen molar-refractivity contribution < 1.29 is 4.79 Å². The summed E-state index contributed by atoms with van der Waals surface area (Å²) in [5.41, 5.74) is 11.3. The first-order valence-corrected chi connectivity index (χ1v) is 4.83. The standard InChI is InChI=1S/C11H12N4O/c12-11(13)14-10(16)7-15-6-5-8-3-1-2-4-9(8)15/h1-6H,7H2,(H4,12,13,14,16). The highest BCUT2D eigenvalue weighted by Gasteiger charge is 2.04. The Hall–Kier alpha value is -2.30. The van der Waals surface area contributed by atoms with E-state index in [2.05, 4.69) is 4.99 Å². The van der Waals surface area contributed by atoms with Crippen molar-refractivity contribution >= 4 is 22.8 Å². The molecule has 0 aliphatic rings. The number of hydrogen-bond donors (Lipinski definition) is 2. The van der Waals surface area contributed by atoms with Crippen LogP contribution in [0.1, 0.15) is 0 Å². The van der Waals surface area contributed by atoms with Gasteiger partial charge in [0.05, 0.1) is 0 Å². The summed E-state index contributed by atoms with van der Waals surface area (Å²) in [4.78, 5) is 14.9. The van der Waals surface area contributed by atoms with Gasteiger partial charge in [-0.05, 0) is 17.5 Å². The molecule has 0 saturated carbocycles. The Morgan fingerprint density at radius 1 is 1.25 bits per heavy atom. The number of carbonyl (C=O) groups is 1. The van der Waals surface area contributed by atoms with E-state index < -0.39 is 0 Å². The summed E-state index contributed by atoms with van der Waals surface area (Å²) in [6, 6.07) is 9.74. The number of aliphatic imine (C=N–C) groups is 1. The first kappa shape index (κ1) is 10.2. The van der Waals surface area contributed by atoms with Crippen molar-refractivity contribution in [2.24, 2.45) is 16.5 Å². The number of amides is 1. The minimum absolute atomic E-state index is 0.144. The Balaban J connectivity index is 2.28. The summed E-state index contributed by atoms with van der Waals surface area (Å²) in [6.07, 6.45) is 1.84. The molecule has 5 heteroatoms. The van der Waals surface area contributed by atoms with Crippen molar-refractivity contribution in [1.29, 1.82) is 0 Å². The third kappa shape index (κ3) is 2.03.